The van der Waals surface area contributed by atoms with Crippen molar-refractivity contribution < 1.29 is 0 Å². The van der Waals surface area contributed by atoms with Crippen LogP contribution >= 0.6 is 0 Å². The fraction of sp³-hybridized carbons (Fsp3) is 0.636. The molecular weight excluding hydrogens is 132 g/mol. The van der Waals surface area contributed by atoms with Crippen LogP contribution in [0.3, 0.4) is 0 Å². The maximum absolute atomic E-state index is 2.26. The van der Waals surface area contributed by atoms with Gasteiger partial charge in [-0.1, -0.05) is 37.1 Å². The van der Waals surface area contributed by atoms with Gasteiger partial charge < -0.3 is 0 Å². The molecule has 0 aliphatic heterocycles. The van der Waals surface area contributed by atoms with Crippen LogP contribution in [0.4, 0.5) is 0 Å². The molecule has 0 aromatic carbocycles. The molecule has 0 unspecified atom stereocenters. The molecule has 0 aliphatic carbocycles. The van der Waals surface area contributed by atoms with Crippen molar-refractivity contribution in [3.05, 3.63) is 23.3 Å². The molecule has 0 aromatic heterocycles. The van der Waals surface area contributed by atoms with Gasteiger partial charge in [0.1, 0.15) is 0 Å². The van der Waals surface area contributed by atoms with Crippen LogP contribution in [0.25, 0.3) is 0 Å². The monoisotopic (exact) mass is 152 g/mol. The summed E-state index contributed by atoms with van der Waals surface area (Å²) in [6.07, 6.45) is 5.62. The van der Waals surface area contributed by atoms with Crippen molar-refractivity contribution in [2.45, 2.75) is 41.0 Å². The molecule has 11 heavy (non-hydrogen) atoms. The lowest BCUT2D eigenvalue weighted by molar-refractivity contribution is 0.642. The third-order valence-corrected chi connectivity index (χ3v) is 1.66. The highest BCUT2D eigenvalue weighted by molar-refractivity contribution is 5.19. The number of hydrogen-bond donors (Lipinski definition) is 0. The standard InChI is InChI=1S/C11H20/c1-6-10(4)8-11(5)7-9(2)3/h6,8-9H,7H2,1-5H3/b10-6-,11-8-. The molecule has 0 spiro atoms. The Balaban J connectivity index is 4.01. The van der Waals surface area contributed by atoms with Gasteiger partial charge in [-0.05, 0) is 33.1 Å². The highest BCUT2D eigenvalue weighted by Gasteiger charge is 1.94. The molecule has 0 atom stereocenters. The zero-order valence-electron chi connectivity index (χ0n) is 8.44. The second-order valence-electron chi connectivity index (χ2n) is 3.62. The minimum Gasteiger partial charge on any atom is -0.0847 e. The van der Waals surface area contributed by atoms with Gasteiger partial charge in [-0.2, -0.15) is 0 Å². The van der Waals surface area contributed by atoms with Crippen molar-refractivity contribution in [3.8, 4) is 0 Å². The molecule has 0 rings (SSSR count). The second kappa shape index (κ2) is 5.17. The second-order valence-corrected chi connectivity index (χ2v) is 3.62. The van der Waals surface area contributed by atoms with E-state index < -0.39 is 0 Å². The molecule has 0 amide bonds. The largest absolute Gasteiger partial charge is 0.0847 e. The van der Waals surface area contributed by atoms with E-state index in [-0.39, 0.29) is 0 Å². The summed E-state index contributed by atoms with van der Waals surface area (Å²) in [5, 5.41) is 0. The third kappa shape index (κ3) is 5.90. The van der Waals surface area contributed by atoms with Crippen LogP contribution in [0.1, 0.15) is 41.0 Å². The van der Waals surface area contributed by atoms with Crippen molar-refractivity contribution in [2.24, 2.45) is 5.92 Å². The van der Waals surface area contributed by atoms with E-state index >= 15 is 0 Å². The summed E-state index contributed by atoms with van der Waals surface area (Å²) < 4.78 is 0. The zero-order chi connectivity index (χ0) is 8.85. The molecule has 0 nitrogen and oxygen atoms in total. The number of allylic oxidation sites excluding steroid dienone is 4. The molecule has 0 saturated carbocycles. The topological polar surface area (TPSA) is 0 Å². The number of rotatable bonds is 3. The van der Waals surface area contributed by atoms with Crippen molar-refractivity contribution >= 4 is 0 Å². The molecule has 0 N–H and O–H groups in total. The van der Waals surface area contributed by atoms with Crippen molar-refractivity contribution in [1.29, 1.82) is 0 Å². The molecule has 0 heterocycles. The van der Waals surface area contributed by atoms with E-state index in [9.17, 15) is 0 Å². The fourth-order valence-corrected chi connectivity index (χ4v) is 1.17. The Morgan fingerprint density at radius 1 is 1.27 bits per heavy atom. The zero-order valence-corrected chi connectivity index (χ0v) is 8.44. The van der Waals surface area contributed by atoms with Gasteiger partial charge in [-0.3, -0.25) is 0 Å². The van der Waals surface area contributed by atoms with Gasteiger partial charge in [0.05, 0.1) is 0 Å². The summed E-state index contributed by atoms with van der Waals surface area (Å²) in [4.78, 5) is 0. The summed E-state index contributed by atoms with van der Waals surface area (Å²) in [6.45, 7) is 10.9. The highest BCUT2D eigenvalue weighted by atomic mass is 14.0. The van der Waals surface area contributed by atoms with E-state index in [0.29, 0.717) is 0 Å². The lowest BCUT2D eigenvalue weighted by Gasteiger charge is -2.04. The van der Waals surface area contributed by atoms with Crippen molar-refractivity contribution in [2.75, 3.05) is 0 Å². The number of hydrogen-bond acceptors (Lipinski definition) is 0. The highest BCUT2D eigenvalue weighted by Crippen LogP contribution is 2.11. The average molecular weight is 152 g/mol. The molecular formula is C11H20. The molecule has 0 saturated heterocycles. The van der Waals surface area contributed by atoms with E-state index in [2.05, 4.69) is 46.8 Å². The summed E-state index contributed by atoms with van der Waals surface area (Å²) in [7, 11) is 0. The molecule has 0 aromatic rings. The van der Waals surface area contributed by atoms with Crippen LogP contribution < -0.4 is 0 Å². The summed E-state index contributed by atoms with van der Waals surface area (Å²) in [6, 6.07) is 0. The fourth-order valence-electron chi connectivity index (χ4n) is 1.17. The van der Waals surface area contributed by atoms with E-state index in [0.717, 1.165) is 5.92 Å². The predicted molar refractivity (Wildman–Crippen MR) is 52.6 cm³/mol. The van der Waals surface area contributed by atoms with Crippen LogP contribution in [0.5, 0.6) is 0 Å². The van der Waals surface area contributed by atoms with Gasteiger partial charge >= 0.3 is 0 Å². The Bertz CT molecular complexity index is 159. The van der Waals surface area contributed by atoms with E-state index in [4.69, 9.17) is 0 Å². The minimum atomic E-state index is 0.774. The van der Waals surface area contributed by atoms with Crippen LogP contribution in [0.2, 0.25) is 0 Å². The van der Waals surface area contributed by atoms with Crippen molar-refractivity contribution in [3.63, 3.8) is 0 Å². The van der Waals surface area contributed by atoms with Crippen LogP contribution in [0.15, 0.2) is 23.3 Å². The molecule has 0 radical (unpaired) electrons. The minimum absolute atomic E-state index is 0.774. The third-order valence-electron chi connectivity index (χ3n) is 1.66. The summed E-state index contributed by atoms with van der Waals surface area (Å²) in [5.41, 5.74) is 2.85. The van der Waals surface area contributed by atoms with E-state index in [1.54, 1.807) is 0 Å². The van der Waals surface area contributed by atoms with Gasteiger partial charge in [0.2, 0.25) is 0 Å². The summed E-state index contributed by atoms with van der Waals surface area (Å²) in [5.74, 6) is 0.774. The van der Waals surface area contributed by atoms with E-state index in [1.807, 2.05) is 0 Å². The van der Waals surface area contributed by atoms with Crippen LogP contribution in [-0.4, -0.2) is 0 Å². The first-order valence-corrected chi connectivity index (χ1v) is 4.36. The first kappa shape index (κ1) is 10.5. The molecule has 0 aliphatic rings. The van der Waals surface area contributed by atoms with Crippen LogP contribution in [-0.2, 0) is 0 Å². The van der Waals surface area contributed by atoms with Gasteiger partial charge in [0.25, 0.3) is 0 Å². The Morgan fingerprint density at radius 3 is 2.18 bits per heavy atom. The SMILES string of the molecule is C/C=C(C)\C=C(\C)CC(C)C. The lowest BCUT2D eigenvalue weighted by Crippen LogP contribution is -1.87. The maximum atomic E-state index is 2.26. The quantitative estimate of drug-likeness (QED) is 0.537. The van der Waals surface area contributed by atoms with Gasteiger partial charge in [-0.25, -0.2) is 0 Å². The summed E-state index contributed by atoms with van der Waals surface area (Å²) >= 11 is 0. The maximum Gasteiger partial charge on any atom is -0.0297 e. The first-order valence-electron chi connectivity index (χ1n) is 4.36. The smallest absolute Gasteiger partial charge is 0.0297 e. The Hall–Kier alpha value is -0.520. The van der Waals surface area contributed by atoms with Crippen molar-refractivity contribution in [1.82, 2.24) is 0 Å². The lowest BCUT2D eigenvalue weighted by atomic mass is 10.0. The Kier molecular flexibility index (Phi) is 4.93. The average Bonchev–Trinajstić information content (AvgIpc) is 1.85. The van der Waals surface area contributed by atoms with Crippen LogP contribution in [0, 0.1) is 5.92 Å². The molecule has 0 heteroatoms. The molecule has 0 fully saturated rings. The van der Waals surface area contributed by atoms with E-state index in [1.165, 1.54) is 17.6 Å². The Labute approximate surface area is 71.0 Å². The van der Waals surface area contributed by atoms with Gasteiger partial charge in [0.15, 0.2) is 0 Å². The molecule has 64 valence electrons. The van der Waals surface area contributed by atoms with Gasteiger partial charge in [0, 0.05) is 0 Å². The molecule has 0 bridgehead atoms. The van der Waals surface area contributed by atoms with Gasteiger partial charge in [-0.15, -0.1) is 0 Å². The normalized spacial score (nSPS) is 14.4. The Morgan fingerprint density at radius 2 is 1.82 bits per heavy atom. The predicted octanol–water partition coefficient (Wildman–Crippen LogP) is 3.95. The first-order chi connectivity index (χ1) is 5.06.